The molecule has 0 fully saturated rings. The number of carboxylic acid groups (broad SMARTS) is 1. The number of sulfonamides is 2. The summed E-state index contributed by atoms with van der Waals surface area (Å²) in [6.07, 6.45) is 4.73. The monoisotopic (exact) mass is 746 g/mol. The number of ether oxygens (including phenoxy) is 1. The zero-order valence-corrected chi connectivity index (χ0v) is 30.2. The number of nitrogens with zero attached hydrogens (tertiary/aromatic N) is 2. The summed E-state index contributed by atoms with van der Waals surface area (Å²) in [5.41, 5.74) is 1.74. The summed E-state index contributed by atoms with van der Waals surface area (Å²) in [5, 5.41) is 10.0. The number of carbonyl (C=O) groups is 2. The third-order valence-electron chi connectivity index (χ3n) is 7.01. The maximum atomic E-state index is 13.9. The topological polar surface area (TPSA) is 152 Å². The Balaban J connectivity index is 0.00000209. The molecule has 0 aliphatic heterocycles. The van der Waals surface area contributed by atoms with E-state index in [0.29, 0.717) is 34.5 Å². The smallest absolute Gasteiger partial charge is 0.324 e. The van der Waals surface area contributed by atoms with E-state index in [2.05, 4.69) is 13.8 Å². The average Bonchev–Trinajstić information content (AvgIpc) is 3.62. The lowest BCUT2D eigenvalue weighted by Gasteiger charge is -2.26. The summed E-state index contributed by atoms with van der Waals surface area (Å²) in [7, 11) is -7.11. The second-order valence-corrected chi connectivity index (χ2v) is 15.1. The normalized spacial score (nSPS) is 11.6. The molecule has 0 saturated carbocycles. The van der Waals surface area contributed by atoms with Crippen LogP contribution in [0, 0.1) is 6.92 Å². The molecule has 3 aromatic carbocycles. The van der Waals surface area contributed by atoms with Crippen molar-refractivity contribution in [3.63, 3.8) is 0 Å². The van der Waals surface area contributed by atoms with Gasteiger partial charge in [-0.15, -0.1) is 0 Å². The molecule has 14 heteroatoms. The third-order valence-corrected chi connectivity index (χ3v) is 11.0. The van der Waals surface area contributed by atoms with E-state index in [1.807, 2.05) is 0 Å². The Morgan fingerprint density at radius 3 is 2.02 bits per heavy atom. The first-order valence-electron chi connectivity index (χ1n) is 15.1. The van der Waals surface area contributed by atoms with Gasteiger partial charge in [0.2, 0.25) is 10.0 Å². The molecule has 0 aliphatic carbocycles. The lowest BCUT2D eigenvalue weighted by atomic mass is 10.0. The van der Waals surface area contributed by atoms with Gasteiger partial charge in [-0.1, -0.05) is 50.9 Å². The predicted molar refractivity (Wildman–Crippen MR) is 197 cm³/mol. The van der Waals surface area contributed by atoms with Crippen LogP contribution in [0.4, 0.5) is 5.69 Å². The molecule has 4 aromatic rings. The quantitative estimate of drug-likeness (QED) is 0.129. The number of halogens is 1. The largest absolute Gasteiger partial charge is 0.497 e. The Hall–Kier alpha value is -4.43. The SMILES string of the molecule is C.CCC.COc1ccc(S(=O)(=O)N(CC=O)C/C(C)=C/c2c(N(CC(=O)O)S(=O)(=O)c3ccc(-c4ccco4)cc3)ccc(Cl)c2C)cc1. The van der Waals surface area contributed by atoms with E-state index in [1.54, 1.807) is 38.1 Å². The molecule has 0 unspecified atom stereocenters. The molecule has 1 aromatic heterocycles. The Kier molecular flexibility index (Phi) is 15.5. The molecule has 0 atom stereocenters. The molecule has 0 saturated heterocycles. The zero-order chi connectivity index (χ0) is 36.4. The lowest BCUT2D eigenvalue weighted by molar-refractivity contribution is -0.135. The van der Waals surface area contributed by atoms with Gasteiger partial charge in [-0.3, -0.25) is 9.10 Å². The molecule has 1 N–H and O–H groups in total. The highest BCUT2D eigenvalue weighted by Gasteiger charge is 2.30. The van der Waals surface area contributed by atoms with Crippen LogP contribution in [0.15, 0.2) is 98.8 Å². The van der Waals surface area contributed by atoms with Crippen LogP contribution in [0.2, 0.25) is 5.02 Å². The third kappa shape index (κ3) is 10.1. The number of hydrogen-bond donors (Lipinski definition) is 1. The fourth-order valence-corrected chi connectivity index (χ4v) is 7.68. The van der Waals surface area contributed by atoms with Gasteiger partial charge in [0, 0.05) is 22.7 Å². The number of furan rings is 1. The maximum Gasteiger partial charge on any atom is 0.324 e. The van der Waals surface area contributed by atoms with Crippen molar-refractivity contribution in [2.45, 2.75) is 51.3 Å². The highest BCUT2D eigenvalue weighted by molar-refractivity contribution is 7.93. The van der Waals surface area contributed by atoms with E-state index in [4.69, 9.17) is 20.8 Å². The highest BCUT2D eigenvalue weighted by atomic mass is 35.5. The van der Waals surface area contributed by atoms with Gasteiger partial charge in [0.15, 0.2) is 0 Å². The number of aldehydes is 1. The number of carbonyl (C=O) groups excluding carboxylic acids is 1. The first-order chi connectivity index (χ1) is 23.2. The first kappa shape index (κ1) is 41.7. The van der Waals surface area contributed by atoms with Gasteiger partial charge in [0.25, 0.3) is 10.0 Å². The summed E-state index contributed by atoms with van der Waals surface area (Å²) in [4.78, 5) is 23.3. The van der Waals surface area contributed by atoms with Crippen LogP contribution in [-0.2, 0) is 29.6 Å². The number of methoxy groups -OCH3 is 1. The predicted octanol–water partition coefficient (Wildman–Crippen LogP) is 7.54. The van der Waals surface area contributed by atoms with Gasteiger partial charge in [-0.2, -0.15) is 4.31 Å². The Morgan fingerprint density at radius 2 is 1.50 bits per heavy atom. The molecule has 0 amide bonds. The van der Waals surface area contributed by atoms with E-state index in [1.165, 1.54) is 74.4 Å². The van der Waals surface area contributed by atoms with Crippen molar-refractivity contribution < 1.29 is 40.7 Å². The molecule has 1 heterocycles. The van der Waals surface area contributed by atoms with Crippen molar-refractivity contribution in [1.82, 2.24) is 4.31 Å². The van der Waals surface area contributed by atoms with E-state index < -0.39 is 39.1 Å². The first-order valence-corrected chi connectivity index (χ1v) is 18.4. The van der Waals surface area contributed by atoms with E-state index in [-0.39, 0.29) is 40.0 Å². The van der Waals surface area contributed by atoms with Crippen molar-refractivity contribution in [2.24, 2.45) is 0 Å². The molecule has 270 valence electrons. The van der Waals surface area contributed by atoms with Crippen LogP contribution in [0.25, 0.3) is 17.4 Å². The van der Waals surface area contributed by atoms with Crippen molar-refractivity contribution >= 4 is 55.7 Å². The zero-order valence-electron chi connectivity index (χ0n) is 27.8. The summed E-state index contributed by atoms with van der Waals surface area (Å²) in [6.45, 7) is 5.89. The van der Waals surface area contributed by atoms with E-state index in [9.17, 15) is 31.5 Å². The van der Waals surface area contributed by atoms with Crippen LogP contribution in [0.5, 0.6) is 5.75 Å². The minimum absolute atomic E-state index is 0. The molecule has 4 rings (SSSR count). The second kappa shape index (κ2) is 18.5. The molecule has 50 heavy (non-hydrogen) atoms. The van der Waals surface area contributed by atoms with Gasteiger partial charge < -0.3 is 19.1 Å². The molecule has 0 bridgehead atoms. The second-order valence-electron chi connectivity index (χ2n) is 10.8. The Bertz CT molecular complexity index is 1980. The number of rotatable bonds is 14. The number of benzene rings is 3. The van der Waals surface area contributed by atoms with Gasteiger partial charge >= 0.3 is 5.97 Å². The number of anilines is 1. The molecular formula is C36H43ClN2O9S2. The number of aliphatic carboxylic acids is 1. The van der Waals surface area contributed by atoms with Crippen molar-refractivity contribution in [1.29, 1.82) is 0 Å². The summed E-state index contributed by atoms with van der Waals surface area (Å²) in [5.74, 6) is -0.423. The van der Waals surface area contributed by atoms with Crippen molar-refractivity contribution in [3.8, 4) is 17.1 Å². The standard InChI is InChI=1S/C32H31ClN2O9S2.C3H8.CH4/c1-22(20-34(16-17-36)45(39,40)26-12-8-25(43-3)9-13-26)19-28-23(2)29(33)14-15-30(28)35(21-32(37)38)46(41,42)27-10-6-24(7-11-27)31-5-4-18-44-31;1-3-2;/h4-15,17-19H,16,20-21H2,1-3H3,(H,37,38);3H2,1-2H3;1H4/b22-19+;;. The molecule has 0 aliphatic rings. The number of hydrogen-bond acceptors (Lipinski definition) is 8. The highest BCUT2D eigenvalue weighted by Crippen LogP contribution is 2.35. The summed E-state index contributed by atoms with van der Waals surface area (Å²) < 4.78 is 67.0. The van der Waals surface area contributed by atoms with Crippen LogP contribution in [0.1, 0.15) is 45.7 Å². The van der Waals surface area contributed by atoms with Gasteiger partial charge in [-0.05, 0) is 92.2 Å². The molecule has 0 radical (unpaired) electrons. The average molecular weight is 747 g/mol. The van der Waals surface area contributed by atoms with E-state index >= 15 is 0 Å². The van der Waals surface area contributed by atoms with Crippen LogP contribution < -0.4 is 9.04 Å². The van der Waals surface area contributed by atoms with Crippen LogP contribution in [0.3, 0.4) is 0 Å². The fourth-order valence-electron chi connectivity index (χ4n) is 4.67. The van der Waals surface area contributed by atoms with Crippen molar-refractivity contribution in [2.75, 3.05) is 31.0 Å². The van der Waals surface area contributed by atoms with Crippen LogP contribution in [-0.4, -0.2) is 65.2 Å². The Labute approximate surface area is 299 Å². The molecule has 0 spiro atoms. The Morgan fingerprint density at radius 1 is 0.920 bits per heavy atom. The molecule has 11 nitrogen and oxygen atoms in total. The fraction of sp³-hybridized carbons (Fsp3) is 0.278. The molecular weight excluding hydrogens is 704 g/mol. The van der Waals surface area contributed by atoms with Gasteiger partial charge in [-0.25, -0.2) is 16.8 Å². The number of carboxylic acids is 1. The minimum atomic E-state index is -4.43. The minimum Gasteiger partial charge on any atom is -0.497 e. The van der Waals surface area contributed by atoms with E-state index in [0.717, 1.165) is 8.61 Å². The van der Waals surface area contributed by atoms with Crippen molar-refractivity contribution in [3.05, 3.63) is 101 Å². The van der Waals surface area contributed by atoms with Crippen LogP contribution >= 0.6 is 11.6 Å². The lowest BCUT2D eigenvalue weighted by Crippen LogP contribution is -2.36. The van der Waals surface area contributed by atoms with Gasteiger partial charge in [0.1, 0.15) is 24.3 Å². The summed E-state index contributed by atoms with van der Waals surface area (Å²) in [6, 6.07) is 17.8. The summed E-state index contributed by atoms with van der Waals surface area (Å²) >= 11 is 6.42. The van der Waals surface area contributed by atoms with Gasteiger partial charge in [0.05, 0.1) is 35.4 Å². The maximum absolute atomic E-state index is 13.9.